The maximum Gasteiger partial charge on any atom is 0.314 e. The van der Waals surface area contributed by atoms with Gasteiger partial charge >= 0.3 is 11.9 Å². The summed E-state index contributed by atoms with van der Waals surface area (Å²) in [5.74, 6) is -2.58. The molecule has 0 spiro atoms. The molecule has 0 bridgehead atoms. The van der Waals surface area contributed by atoms with Crippen LogP contribution in [0.3, 0.4) is 0 Å². The number of ether oxygens (including phenoxy) is 2. The van der Waals surface area contributed by atoms with Crippen molar-refractivity contribution in [1.29, 1.82) is 5.26 Å². The van der Waals surface area contributed by atoms with Crippen LogP contribution in [-0.4, -0.2) is 23.8 Å². The van der Waals surface area contributed by atoms with Gasteiger partial charge in [-0.15, -0.1) is 0 Å². The van der Waals surface area contributed by atoms with Crippen LogP contribution >= 0.6 is 47.0 Å². The SMILES string of the molecule is [C-]#[N+]C(C(=O)Nc1ccccc1)=C1Sc2c(OC(=O)C(CC)CCCC)c3c(c(OC(=O)C(CC)CCCC)c2S1)SC(=C(C#N)C(=O)Nc1ccccc1)S3. The number of unbranched alkanes of at least 4 members (excludes halogenated alkanes) is 2. The van der Waals surface area contributed by atoms with Crippen molar-refractivity contribution in [2.45, 2.75) is 98.6 Å². The molecule has 10 nitrogen and oxygen atoms in total. The van der Waals surface area contributed by atoms with Crippen LogP contribution in [0.1, 0.15) is 79.1 Å². The zero-order chi connectivity index (χ0) is 40.2. The highest BCUT2D eigenvalue weighted by Gasteiger charge is 2.41. The Morgan fingerprint density at radius 3 is 1.46 bits per heavy atom. The van der Waals surface area contributed by atoms with E-state index in [4.69, 9.17) is 16.0 Å². The monoisotopic (exact) mass is 826 g/mol. The molecule has 3 aromatic carbocycles. The van der Waals surface area contributed by atoms with Crippen LogP contribution in [0.5, 0.6) is 11.5 Å². The number of benzene rings is 3. The van der Waals surface area contributed by atoms with Gasteiger partial charge in [-0.1, -0.05) is 137 Å². The van der Waals surface area contributed by atoms with Crippen LogP contribution in [0, 0.1) is 29.7 Å². The molecule has 2 amide bonds. The maximum absolute atomic E-state index is 13.9. The number of rotatable bonds is 16. The summed E-state index contributed by atoms with van der Waals surface area (Å²) in [6, 6.07) is 19.6. The number of nitriles is 1. The summed E-state index contributed by atoms with van der Waals surface area (Å²) in [5.41, 5.74) is 0.685. The molecule has 2 unspecified atom stereocenters. The van der Waals surface area contributed by atoms with E-state index in [0.717, 1.165) is 72.7 Å². The van der Waals surface area contributed by atoms with Gasteiger partial charge in [-0.3, -0.25) is 19.2 Å². The molecule has 2 aliphatic rings. The first kappa shape index (κ1) is 42.5. The maximum atomic E-state index is 13.9. The third-order valence-corrected chi connectivity index (χ3v) is 14.2. The topological polar surface area (TPSA) is 139 Å². The second-order valence-electron chi connectivity index (χ2n) is 12.9. The van der Waals surface area contributed by atoms with Crippen molar-refractivity contribution in [3.8, 4) is 17.6 Å². The van der Waals surface area contributed by atoms with E-state index in [-0.39, 0.29) is 22.8 Å². The van der Waals surface area contributed by atoms with E-state index >= 15 is 0 Å². The summed E-state index contributed by atoms with van der Waals surface area (Å²) in [6.45, 7) is 16.0. The molecule has 14 heteroatoms. The number of carbonyl (C=O) groups is 4. The third kappa shape index (κ3) is 10.0. The van der Waals surface area contributed by atoms with Gasteiger partial charge < -0.3 is 20.1 Å². The molecule has 3 aromatic rings. The number of hydrogen-bond acceptors (Lipinski definition) is 11. The molecule has 0 aliphatic carbocycles. The average Bonchev–Trinajstić information content (AvgIpc) is 3.84. The lowest BCUT2D eigenvalue weighted by molar-refractivity contribution is -0.141. The van der Waals surface area contributed by atoms with Crippen molar-refractivity contribution in [1.82, 2.24) is 0 Å². The average molecular weight is 827 g/mol. The molecule has 2 heterocycles. The molecule has 56 heavy (non-hydrogen) atoms. The zero-order valence-electron chi connectivity index (χ0n) is 31.6. The molecule has 290 valence electrons. The Kier molecular flexibility index (Phi) is 15.6. The second kappa shape index (κ2) is 20.5. The van der Waals surface area contributed by atoms with Gasteiger partial charge in [0.25, 0.3) is 17.5 Å². The summed E-state index contributed by atoms with van der Waals surface area (Å²) >= 11 is 4.35. The standard InChI is InChI=1S/C42H42N4O6S4/c1-6-10-18-25(8-3)39(49)51-31-33-34(54-41(53-33)29(24-43)37(47)45-27-20-14-12-15-21-27)32(52-40(50)26(9-4)19-11-7-2)36-35(31)55-42(56-36)30(44-5)38(48)46-28-22-16-13-17-23-28/h12-17,20-23,25-26H,6-11,18-19H2,1-4H3,(H,45,47)(H,46,48). The molecule has 0 saturated heterocycles. The van der Waals surface area contributed by atoms with E-state index in [1.165, 1.54) is 0 Å². The summed E-state index contributed by atoms with van der Waals surface area (Å²) in [7, 11) is 0. The lowest BCUT2D eigenvalue weighted by Gasteiger charge is -2.20. The zero-order valence-corrected chi connectivity index (χ0v) is 34.8. The Balaban J connectivity index is 1.67. The van der Waals surface area contributed by atoms with Gasteiger partial charge in [0.2, 0.25) is 0 Å². The number of amides is 2. The number of esters is 2. The molecular formula is C42H42N4O6S4. The molecule has 0 aromatic heterocycles. The van der Waals surface area contributed by atoms with Crippen molar-refractivity contribution >= 4 is 82.2 Å². The van der Waals surface area contributed by atoms with Crippen LogP contribution in [0.4, 0.5) is 11.4 Å². The van der Waals surface area contributed by atoms with Crippen molar-refractivity contribution in [2.24, 2.45) is 11.8 Å². The summed E-state index contributed by atoms with van der Waals surface area (Å²) < 4.78 is 13.3. The minimum Gasteiger partial charge on any atom is -0.424 e. The van der Waals surface area contributed by atoms with Crippen molar-refractivity contribution < 1.29 is 28.7 Å². The van der Waals surface area contributed by atoms with Gasteiger partial charge in [0.05, 0.1) is 46.5 Å². The Labute approximate surface area is 344 Å². The first-order valence-electron chi connectivity index (χ1n) is 18.5. The Morgan fingerprint density at radius 1 is 0.679 bits per heavy atom. The van der Waals surface area contributed by atoms with Crippen molar-refractivity contribution in [2.75, 3.05) is 10.6 Å². The second-order valence-corrected chi connectivity index (χ2v) is 17.5. The molecule has 5 rings (SSSR count). The lowest BCUT2D eigenvalue weighted by atomic mass is 10.00. The predicted octanol–water partition coefficient (Wildman–Crippen LogP) is 11.4. The highest BCUT2D eigenvalue weighted by atomic mass is 32.2. The van der Waals surface area contributed by atoms with Gasteiger partial charge in [0.15, 0.2) is 11.5 Å². The fourth-order valence-electron chi connectivity index (χ4n) is 5.84. The number of fused-ring (bicyclic) bond motifs is 2. The van der Waals surface area contributed by atoms with E-state index in [2.05, 4.69) is 35.4 Å². The molecule has 0 radical (unpaired) electrons. The minimum atomic E-state index is -0.623. The summed E-state index contributed by atoms with van der Waals surface area (Å²) in [6.07, 6.45) is 5.82. The Bertz CT molecular complexity index is 1930. The first-order valence-corrected chi connectivity index (χ1v) is 21.8. The van der Waals surface area contributed by atoms with Gasteiger partial charge in [-0.05, 0) is 49.9 Å². The Morgan fingerprint density at radius 2 is 1.09 bits per heavy atom. The number of nitrogens with zero attached hydrogens (tertiary/aromatic N) is 2. The molecule has 2 aliphatic heterocycles. The number of thioether (sulfide) groups is 4. The number of para-hydroxylation sites is 2. The van der Waals surface area contributed by atoms with Gasteiger partial charge in [0, 0.05) is 11.4 Å². The lowest BCUT2D eigenvalue weighted by Crippen LogP contribution is -2.22. The van der Waals surface area contributed by atoms with Crippen LogP contribution < -0.4 is 20.1 Å². The van der Waals surface area contributed by atoms with Gasteiger partial charge in [-0.25, -0.2) is 4.85 Å². The van der Waals surface area contributed by atoms with Crippen LogP contribution in [0.15, 0.2) is 100.0 Å². The Hall–Kier alpha value is -4.60. The summed E-state index contributed by atoms with van der Waals surface area (Å²) in [4.78, 5) is 60.2. The third-order valence-electron chi connectivity index (χ3n) is 9.01. The fraction of sp³-hybridized carbons (Fsp3) is 0.333. The highest BCUT2D eigenvalue weighted by molar-refractivity contribution is 8.26. The van der Waals surface area contributed by atoms with E-state index in [9.17, 15) is 24.4 Å². The smallest absolute Gasteiger partial charge is 0.314 e. The molecule has 0 fully saturated rings. The molecule has 2 N–H and O–H groups in total. The van der Waals surface area contributed by atoms with E-state index < -0.39 is 35.6 Å². The van der Waals surface area contributed by atoms with Crippen molar-refractivity contribution in [3.05, 3.63) is 91.8 Å². The molecular weight excluding hydrogens is 785 g/mol. The number of nitrogens with one attached hydrogen (secondary N) is 2. The largest absolute Gasteiger partial charge is 0.424 e. The van der Waals surface area contributed by atoms with Gasteiger partial charge in [-0.2, -0.15) is 5.26 Å². The number of anilines is 2. The molecule has 2 atom stereocenters. The van der Waals surface area contributed by atoms with Crippen molar-refractivity contribution in [3.63, 3.8) is 0 Å². The van der Waals surface area contributed by atoms with E-state index in [0.29, 0.717) is 65.1 Å². The van der Waals surface area contributed by atoms with E-state index in [1.807, 2.05) is 26.0 Å². The van der Waals surface area contributed by atoms with E-state index in [1.54, 1.807) is 48.5 Å². The van der Waals surface area contributed by atoms with Crippen LogP contribution in [-0.2, 0) is 19.2 Å². The highest BCUT2D eigenvalue weighted by Crippen LogP contribution is 2.68. The fourth-order valence-corrected chi connectivity index (χ4v) is 11.2. The first-order chi connectivity index (χ1) is 27.2. The normalized spacial score (nSPS) is 13.7. The number of carbonyl (C=O) groups excluding carboxylic acids is 4. The molecule has 0 saturated carbocycles. The predicted molar refractivity (Wildman–Crippen MR) is 224 cm³/mol. The summed E-state index contributed by atoms with van der Waals surface area (Å²) in [5, 5.41) is 15.9. The quantitative estimate of drug-likeness (QED) is 0.0469. The minimum absolute atomic E-state index is 0.160. The van der Waals surface area contributed by atoms with Crippen LogP contribution in [0.2, 0.25) is 0 Å². The number of hydrogen-bond donors (Lipinski definition) is 2. The van der Waals surface area contributed by atoms with Crippen LogP contribution in [0.25, 0.3) is 4.85 Å². The van der Waals surface area contributed by atoms with Gasteiger partial charge in [0.1, 0.15) is 11.6 Å².